The lowest BCUT2D eigenvalue weighted by molar-refractivity contribution is 0.177. The largest absolute Gasteiger partial charge is 0.356 e. The Bertz CT molecular complexity index is 1190. The molecule has 1 aliphatic carbocycles. The average Bonchev–Trinajstić information content (AvgIpc) is 3.35. The summed E-state index contributed by atoms with van der Waals surface area (Å²) in [5.74, 6) is 1.09. The van der Waals surface area contributed by atoms with Crippen LogP contribution in [0, 0.1) is 12.3 Å². The zero-order chi connectivity index (χ0) is 22.7. The summed E-state index contributed by atoms with van der Waals surface area (Å²) in [6.45, 7) is 10.1. The maximum atomic E-state index is 13.1. The molecule has 0 radical (unpaired) electrons. The fraction of sp³-hybridized carbons (Fsp3) is 0.500. The summed E-state index contributed by atoms with van der Waals surface area (Å²) in [4.78, 5) is 6.86. The van der Waals surface area contributed by atoms with Crippen LogP contribution in [0.2, 0.25) is 0 Å². The lowest BCUT2D eigenvalue weighted by atomic mass is 9.73. The molecule has 0 saturated carbocycles. The van der Waals surface area contributed by atoms with Crippen molar-refractivity contribution in [3.63, 3.8) is 0 Å². The summed E-state index contributed by atoms with van der Waals surface area (Å²) >= 11 is 3.65. The van der Waals surface area contributed by atoms with Gasteiger partial charge in [-0.3, -0.25) is 0 Å². The van der Waals surface area contributed by atoms with Gasteiger partial charge in [-0.1, -0.05) is 24.3 Å². The molecule has 1 spiro atoms. The summed E-state index contributed by atoms with van der Waals surface area (Å²) in [5.41, 5.74) is 4.80. The molecule has 1 fully saturated rings. The highest BCUT2D eigenvalue weighted by atomic mass is 79.9. The molecule has 5 rings (SSSR count). The number of fused-ring (bicyclic) bond motifs is 2. The molecule has 1 saturated heterocycles. The van der Waals surface area contributed by atoms with Gasteiger partial charge in [0.15, 0.2) is 5.65 Å². The first kappa shape index (κ1) is 22.0. The van der Waals surface area contributed by atoms with Crippen LogP contribution in [0.25, 0.3) is 5.65 Å². The molecule has 6 nitrogen and oxygen atoms in total. The normalized spacial score (nSPS) is 21.3. The second-order valence-corrected chi connectivity index (χ2v) is 12.9. The van der Waals surface area contributed by atoms with E-state index in [1.807, 2.05) is 25.3 Å². The first-order valence-corrected chi connectivity index (χ1v) is 13.1. The minimum absolute atomic E-state index is 0.0764. The second kappa shape index (κ2) is 7.92. The van der Waals surface area contributed by atoms with Crippen LogP contribution < -0.4 is 9.62 Å². The van der Waals surface area contributed by atoms with E-state index in [1.54, 1.807) is 6.33 Å². The number of hydrogen-bond acceptors (Lipinski definition) is 4. The van der Waals surface area contributed by atoms with Crippen LogP contribution in [0.5, 0.6) is 0 Å². The van der Waals surface area contributed by atoms with E-state index in [2.05, 4.69) is 72.9 Å². The molecule has 2 aromatic heterocycles. The van der Waals surface area contributed by atoms with E-state index in [0.29, 0.717) is 0 Å². The highest BCUT2D eigenvalue weighted by Gasteiger charge is 2.49. The lowest BCUT2D eigenvalue weighted by Crippen LogP contribution is -2.48. The second-order valence-electron chi connectivity index (χ2n) is 10.2. The number of benzene rings is 1. The van der Waals surface area contributed by atoms with Gasteiger partial charge in [-0.05, 0) is 91.1 Å². The first-order valence-electron chi connectivity index (χ1n) is 11.2. The quantitative estimate of drug-likeness (QED) is 0.547. The van der Waals surface area contributed by atoms with Crippen molar-refractivity contribution in [2.24, 2.45) is 5.41 Å². The molecule has 32 heavy (non-hydrogen) atoms. The topological polar surface area (TPSA) is 62.5 Å². The Balaban J connectivity index is 1.44. The number of pyridine rings is 1. The van der Waals surface area contributed by atoms with Gasteiger partial charge in [0.1, 0.15) is 12.1 Å². The predicted molar refractivity (Wildman–Crippen MR) is 133 cm³/mol. The third-order valence-electron chi connectivity index (χ3n) is 7.04. The van der Waals surface area contributed by atoms with Crippen molar-refractivity contribution in [2.75, 3.05) is 18.0 Å². The summed E-state index contributed by atoms with van der Waals surface area (Å²) in [5, 5.41) is 4.48. The number of rotatable bonds is 3. The van der Waals surface area contributed by atoms with Crippen LogP contribution in [0.1, 0.15) is 56.3 Å². The zero-order valence-electron chi connectivity index (χ0n) is 19.1. The van der Waals surface area contributed by atoms with Gasteiger partial charge in [-0.15, -0.1) is 0 Å². The van der Waals surface area contributed by atoms with Crippen molar-refractivity contribution in [3.05, 3.63) is 57.8 Å². The number of aryl methyl sites for hydroxylation is 1. The molecular formula is C24H30BrN5OS. The predicted octanol–water partition coefficient (Wildman–Crippen LogP) is 4.74. The maximum Gasteiger partial charge on any atom is 0.172 e. The van der Waals surface area contributed by atoms with Crippen molar-refractivity contribution in [3.8, 4) is 0 Å². The van der Waals surface area contributed by atoms with Crippen LogP contribution >= 0.6 is 15.9 Å². The van der Waals surface area contributed by atoms with Crippen LogP contribution in [0.15, 0.2) is 41.1 Å². The fourth-order valence-corrected chi connectivity index (χ4v) is 6.51. The Kier molecular flexibility index (Phi) is 5.46. The molecule has 170 valence electrons. The van der Waals surface area contributed by atoms with Crippen molar-refractivity contribution >= 4 is 38.4 Å². The van der Waals surface area contributed by atoms with E-state index in [0.717, 1.165) is 53.9 Å². The first-order chi connectivity index (χ1) is 15.2. The number of hydrogen-bond donors (Lipinski definition) is 1. The van der Waals surface area contributed by atoms with E-state index in [1.165, 1.54) is 11.1 Å². The Morgan fingerprint density at radius 2 is 1.94 bits per heavy atom. The van der Waals surface area contributed by atoms with Crippen molar-refractivity contribution in [1.82, 2.24) is 19.3 Å². The van der Waals surface area contributed by atoms with Crippen molar-refractivity contribution in [2.45, 2.75) is 57.7 Å². The molecule has 8 heteroatoms. The van der Waals surface area contributed by atoms with Gasteiger partial charge < -0.3 is 4.90 Å². The molecule has 0 amide bonds. The molecular weight excluding hydrogens is 486 g/mol. The van der Waals surface area contributed by atoms with E-state index in [-0.39, 0.29) is 16.2 Å². The Morgan fingerprint density at radius 1 is 1.22 bits per heavy atom. The van der Waals surface area contributed by atoms with E-state index >= 15 is 0 Å². The van der Waals surface area contributed by atoms with Gasteiger partial charge in [0.2, 0.25) is 0 Å². The molecule has 1 aromatic carbocycles. The molecule has 0 unspecified atom stereocenters. The van der Waals surface area contributed by atoms with Crippen LogP contribution in [-0.4, -0.2) is 36.6 Å². The highest BCUT2D eigenvalue weighted by molar-refractivity contribution is 9.10. The van der Waals surface area contributed by atoms with E-state index < -0.39 is 11.0 Å². The van der Waals surface area contributed by atoms with Gasteiger partial charge in [0, 0.05) is 13.1 Å². The average molecular weight is 517 g/mol. The van der Waals surface area contributed by atoms with Gasteiger partial charge >= 0.3 is 0 Å². The number of nitrogens with one attached hydrogen (secondary N) is 1. The molecule has 2 atom stereocenters. The molecule has 0 bridgehead atoms. The minimum Gasteiger partial charge on any atom is -0.356 e. The number of piperidine rings is 1. The third kappa shape index (κ3) is 3.60. The lowest BCUT2D eigenvalue weighted by Gasteiger charge is -2.44. The SMILES string of the molecule is Cc1cc(N2CCC3(CC2)Cc2ccccc2[C@H]3N[S@](=O)C(C)(C)C)n2ncnc2c1Br. The molecule has 3 aromatic rings. The Labute approximate surface area is 200 Å². The number of aromatic nitrogens is 3. The van der Waals surface area contributed by atoms with Gasteiger partial charge in [-0.2, -0.15) is 9.61 Å². The molecule has 3 heterocycles. The van der Waals surface area contributed by atoms with Crippen LogP contribution in [-0.2, 0) is 17.4 Å². The summed E-state index contributed by atoms with van der Waals surface area (Å²) < 4.78 is 19.3. The van der Waals surface area contributed by atoms with Crippen molar-refractivity contribution < 1.29 is 4.21 Å². The summed E-state index contributed by atoms with van der Waals surface area (Å²) in [6.07, 6.45) is 4.72. The number of anilines is 1. The fourth-order valence-electron chi connectivity index (χ4n) is 5.19. The standard InChI is InChI=1S/C24H30BrN5OS/c1-16-13-19(30-22(20(16)25)26-15-27-30)29-11-9-24(10-12-29)14-17-7-5-6-8-18(17)21(24)28-32(31)23(2,3)4/h5-8,13,15,21,28H,9-12,14H2,1-4H3/t21-,32-/m1/s1. The third-order valence-corrected chi connectivity index (χ3v) is 9.58. The maximum absolute atomic E-state index is 13.1. The highest BCUT2D eigenvalue weighted by Crippen LogP contribution is 2.52. The molecule has 1 N–H and O–H groups in total. The van der Waals surface area contributed by atoms with Gasteiger partial charge in [-0.25, -0.2) is 13.9 Å². The van der Waals surface area contributed by atoms with Gasteiger partial charge in [0.25, 0.3) is 0 Å². The van der Waals surface area contributed by atoms with E-state index in [9.17, 15) is 4.21 Å². The molecule has 1 aliphatic heterocycles. The summed E-state index contributed by atoms with van der Waals surface area (Å²) in [7, 11) is -1.12. The smallest absolute Gasteiger partial charge is 0.172 e. The number of halogens is 1. The van der Waals surface area contributed by atoms with E-state index in [4.69, 9.17) is 0 Å². The van der Waals surface area contributed by atoms with Crippen molar-refractivity contribution in [1.29, 1.82) is 0 Å². The Hall–Kier alpha value is -1.77. The number of nitrogens with zero attached hydrogens (tertiary/aromatic N) is 4. The molecule has 2 aliphatic rings. The minimum atomic E-state index is -1.12. The van der Waals surface area contributed by atoms with Crippen LogP contribution in [0.4, 0.5) is 5.82 Å². The van der Waals surface area contributed by atoms with Gasteiger partial charge in [0.05, 0.1) is 26.2 Å². The summed E-state index contributed by atoms with van der Waals surface area (Å²) in [6, 6.07) is 11.0. The monoisotopic (exact) mass is 515 g/mol. The van der Waals surface area contributed by atoms with Crippen LogP contribution in [0.3, 0.4) is 0 Å². The Morgan fingerprint density at radius 3 is 2.66 bits per heavy atom. The zero-order valence-corrected chi connectivity index (χ0v) is 21.5.